The van der Waals surface area contributed by atoms with Crippen molar-refractivity contribution in [3.8, 4) is 0 Å². The number of nitrogens with two attached hydrogens (primary N) is 1. The summed E-state index contributed by atoms with van der Waals surface area (Å²) in [6.45, 7) is 0. The van der Waals surface area contributed by atoms with Gasteiger partial charge in [0, 0.05) is 15.9 Å². The summed E-state index contributed by atoms with van der Waals surface area (Å²) in [6, 6.07) is 7.25. The average Bonchev–Trinajstić information content (AvgIpc) is 2.53. The van der Waals surface area contributed by atoms with Crippen LogP contribution in [0.1, 0.15) is 11.1 Å². The number of rotatable bonds is 6. The normalized spacial score (nSPS) is 11.8. The predicted molar refractivity (Wildman–Crippen MR) is 94.0 cm³/mol. The largest absolute Gasteiger partial charge is 0.368 e. The summed E-state index contributed by atoms with van der Waals surface area (Å²) >= 11 is 9.27. The van der Waals surface area contributed by atoms with Gasteiger partial charge < -0.3 is 11.1 Å². The van der Waals surface area contributed by atoms with Gasteiger partial charge in [-0.2, -0.15) is 0 Å². The molecule has 0 saturated heterocycles. The smallest absolute Gasteiger partial charge is 0.240 e. The average molecular weight is 432 g/mol. The van der Waals surface area contributed by atoms with E-state index in [9.17, 15) is 18.4 Å². The Balaban J connectivity index is 2.07. The van der Waals surface area contributed by atoms with Gasteiger partial charge in [0.05, 0.1) is 6.42 Å². The van der Waals surface area contributed by atoms with E-state index in [1.54, 1.807) is 18.2 Å². The van der Waals surface area contributed by atoms with Gasteiger partial charge in [-0.3, -0.25) is 9.59 Å². The molecule has 0 radical (unpaired) electrons. The summed E-state index contributed by atoms with van der Waals surface area (Å²) in [5.41, 5.74) is 6.33. The maximum atomic E-state index is 13.2. The van der Waals surface area contributed by atoms with Crippen molar-refractivity contribution >= 4 is 39.3 Å². The van der Waals surface area contributed by atoms with E-state index in [0.29, 0.717) is 10.6 Å². The molecule has 0 heterocycles. The van der Waals surface area contributed by atoms with Gasteiger partial charge in [0.1, 0.15) is 6.04 Å². The van der Waals surface area contributed by atoms with E-state index in [0.717, 1.165) is 16.6 Å². The third kappa shape index (κ3) is 5.51. The minimum absolute atomic E-state index is 0.139. The van der Waals surface area contributed by atoms with Crippen LogP contribution in [-0.2, 0) is 22.4 Å². The number of carbonyl (C=O) groups excluding carboxylic acids is 2. The van der Waals surface area contributed by atoms with Crippen LogP contribution >= 0.6 is 27.5 Å². The first-order chi connectivity index (χ1) is 11.8. The number of hydrogen-bond donors (Lipinski definition) is 2. The molecule has 0 aromatic heterocycles. The Morgan fingerprint density at radius 1 is 1.16 bits per heavy atom. The van der Waals surface area contributed by atoms with Gasteiger partial charge in [0.25, 0.3) is 0 Å². The van der Waals surface area contributed by atoms with Crippen LogP contribution in [0, 0.1) is 11.6 Å². The minimum Gasteiger partial charge on any atom is -0.368 e. The predicted octanol–water partition coefficient (Wildman–Crippen LogP) is 3.14. The van der Waals surface area contributed by atoms with Crippen LogP contribution in [0.5, 0.6) is 0 Å². The zero-order valence-corrected chi connectivity index (χ0v) is 15.2. The highest BCUT2D eigenvalue weighted by Gasteiger charge is 2.20. The quantitative estimate of drug-likeness (QED) is 0.737. The topological polar surface area (TPSA) is 72.2 Å². The fourth-order valence-electron chi connectivity index (χ4n) is 2.22. The summed E-state index contributed by atoms with van der Waals surface area (Å²) in [7, 11) is 0. The van der Waals surface area contributed by atoms with E-state index in [1.807, 2.05) is 0 Å². The number of hydrogen-bond acceptors (Lipinski definition) is 2. The van der Waals surface area contributed by atoms with Crippen LogP contribution in [0.4, 0.5) is 8.78 Å². The fraction of sp³-hybridized carbons (Fsp3) is 0.176. The van der Waals surface area contributed by atoms with Crippen LogP contribution in [0.15, 0.2) is 40.9 Å². The van der Waals surface area contributed by atoms with Crippen molar-refractivity contribution in [2.75, 3.05) is 0 Å². The molecule has 25 heavy (non-hydrogen) atoms. The first kappa shape index (κ1) is 19.3. The van der Waals surface area contributed by atoms with Crippen LogP contribution in [0.3, 0.4) is 0 Å². The Hall–Kier alpha value is -1.99. The molecule has 2 rings (SSSR count). The molecule has 0 aliphatic rings. The second-order valence-corrected chi connectivity index (χ2v) is 6.68. The zero-order chi connectivity index (χ0) is 18.6. The highest BCUT2D eigenvalue weighted by Crippen LogP contribution is 2.22. The molecule has 0 aliphatic carbocycles. The lowest BCUT2D eigenvalue weighted by molar-refractivity contribution is -0.127. The van der Waals surface area contributed by atoms with Crippen molar-refractivity contribution in [2.45, 2.75) is 18.9 Å². The Morgan fingerprint density at radius 2 is 1.88 bits per heavy atom. The summed E-state index contributed by atoms with van der Waals surface area (Å²) < 4.78 is 26.8. The van der Waals surface area contributed by atoms with Crippen molar-refractivity contribution in [2.24, 2.45) is 5.73 Å². The Kier molecular flexibility index (Phi) is 6.50. The third-order valence-electron chi connectivity index (χ3n) is 3.46. The van der Waals surface area contributed by atoms with Gasteiger partial charge in [-0.1, -0.05) is 33.6 Å². The van der Waals surface area contributed by atoms with E-state index >= 15 is 0 Å². The van der Waals surface area contributed by atoms with E-state index in [1.165, 1.54) is 6.07 Å². The maximum Gasteiger partial charge on any atom is 0.240 e. The summed E-state index contributed by atoms with van der Waals surface area (Å²) in [4.78, 5) is 23.7. The first-order valence-electron chi connectivity index (χ1n) is 7.23. The van der Waals surface area contributed by atoms with Gasteiger partial charge in [-0.15, -0.1) is 0 Å². The zero-order valence-electron chi connectivity index (χ0n) is 12.9. The van der Waals surface area contributed by atoms with Crippen molar-refractivity contribution in [1.82, 2.24) is 5.32 Å². The molecule has 8 heteroatoms. The lowest BCUT2D eigenvalue weighted by Crippen LogP contribution is -2.46. The van der Waals surface area contributed by atoms with Crippen LogP contribution < -0.4 is 11.1 Å². The molecule has 0 saturated carbocycles. The van der Waals surface area contributed by atoms with Crippen molar-refractivity contribution < 1.29 is 18.4 Å². The second-order valence-electron chi connectivity index (χ2n) is 5.39. The van der Waals surface area contributed by atoms with Gasteiger partial charge >= 0.3 is 0 Å². The molecular formula is C17H14BrClF2N2O2. The van der Waals surface area contributed by atoms with Crippen LogP contribution in [0.25, 0.3) is 0 Å². The molecule has 0 spiro atoms. The molecule has 4 nitrogen and oxygen atoms in total. The molecule has 0 bridgehead atoms. The Bertz CT molecular complexity index is 817. The maximum absolute atomic E-state index is 13.2. The Labute approximate surface area is 156 Å². The van der Waals surface area contributed by atoms with Gasteiger partial charge in [-0.05, 0) is 41.5 Å². The molecule has 132 valence electrons. The Morgan fingerprint density at radius 3 is 2.52 bits per heavy atom. The number of primary amides is 1. The van der Waals surface area contributed by atoms with Crippen molar-refractivity contribution in [3.05, 3.63) is 68.7 Å². The second kappa shape index (κ2) is 8.40. The van der Waals surface area contributed by atoms with Crippen molar-refractivity contribution in [1.29, 1.82) is 0 Å². The number of amides is 2. The number of nitrogens with one attached hydrogen (secondary N) is 1. The van der Waals surface area contributed by atoms with E-state index in [2.05, 4.69) is 21.2 Å². The molecule has 0 fully saturated rings. The number of benzene rings is 2. The minimum atomic E-state index is -1.04. The molecular weight excluding hydrogens is 418 g/mol. The third-order valence-corrected chi connectivity index (χ3v) is 4.47. The summed E-state index contributed by atoms with van der Waals surface area (Å²) in [5, 5.41) is 2.98. The monoisotopic (exact) mass is 430 g/mol. The summed E-state index contributed by atoms with van der Waals surface area (Å²) in [6.07, 6.45) is -0.0717. The summed E-state index contributed by atoms with van der Waals surface area (Å²) in [5.74, 6) is -3.29. The molecule has 0 unspecified atom stereocenters. The molecule has 1 atom stereocenters. The van der Waals surface area contributed by atoms with Gasteiger partial charge in [0.15, 0.2) is 11.6 Å². The highest BCUT2D eigenvalue weighted by molar-refractivity contribution is 9.10. The standard InChI is InChI=1S/C17H14BrClF2N2O2/c18-12-3-2-11(19)7-10(12)8-15(17(22)25)23-16(24)6-9-1-4-13(20)14(21)5-9/h1-5,7,15H,6,8H2,(H2,22,25)(H,23,24)/t15-/m0/s1. The molecule has 2 amide bonds. The van der Waals surface area contributed by atoms with Crippen LogP contribution in [-0.4, -0.2) is 17.9 Å². The van der Waals surface area contributed by atoms with E-state index < -0.39 is 29.5 Å². The first-order valence-corrected chi connectivity index (χ1v) is 8.40. The number of halogens is 4. The molecule has 3 N–H and O–H groups in total. The molecule has 2 aromatic carbocycles. The number of carbonyl (C=O) groups is 2. The molecule has 0 aliphatic heterocycles. The van der Waals surface area contributed by atoms with E-state index in [4.69, 9.17) is 17.3 Å². The van der Waals surface area contributed by atoms with Crippen molar-refractivity contribution in [3.63, 3.8) is 0 Å². The lowest BCUT2D eigenvalue weighted by atomic mass is 10.0. The highest BCUT2D eigenvalue weighted by atomic mass is 79.9. The van der Waals surface area contributed by atoms with Gasteiger partial charge in [0.2, 0.25) is 11.8 Å². The fourth-order valence-corrected chi connectivity index (χ4v) is 2.83. The lowest BCUT2D eigenvalue weighted by Gasteiger charge is -2.17. The molecule has 2 aromatic rings. The SMILES string of the molecule is NC(=O)[C@H](Cc1cc(Cl)ccc1Br)NC(=O)Cc1ccc(F)c(F)c1. The van der Waals surface area contributed by atoms with Crippen LogP contribution in [0.2, 0.25) is 5.02 Å². The van der Waals surface area contributed by atoms with E-state index in [-0.39, 0.29) is 18.4 Å². The van der Waals surface area contributed by atoms with Gasteiger partial charge in [-0.25, -0.2) is 8.78 Å².